The molecule has 33 heavy (non-hydrogen) atoms. The molecular formula is C25H32N6OS. The van der Waals surface area contributed by atoms with Gasteiger partial charge in [-0.2, -0.15) is 5.10 Å². The number of hydrogen-bond acceptors (Lipinski definition) is 5. The fraction of sp³-hybridized carbons (Fsp3) is 0.480. The van der Waals surface area contributed by atoms with E-state index in [0.29, 0.717) is 5.92 Å². The number of nitrogens with one attached hydrogen (secondary N) is 2. The van der Waals surface area contributed by atoms with Crippen LogP contribution in [-0.4, -0.2) is 56.6 Å². The number of carbonyl (C=O) groups is 1. The molecule has 1 aliphatic rings. The van der Waals surface area contributed by atoms with Crippen molar-refractivity contribution in [2.24, 2.45) is 5.41 Å². The number of piperidine rings is 1. The van der Waals surface area contributed by atoms with Gasteiger partial charge >= 0.3 is 0 Å². The quantitative estimate of drug-likeness (QED) is 0.453. The zero-order valence-corrected chi connectivity index (χ0v) is 21.0. The highest BCUT2D eigenvalue weighted by Gasteiger charge is 2.37. The number of fused-ring (bicyclic) bond motifs is 2. The summed E-state index contributed by atoms with van der Waals surface area (Å²) in [5.41, 5.74) is 6.45. The minimum Gasteiger partial charge on any atom is -0.354 e. The van der Waals surface area contributed by atoms with Gasteiger partial charge in [0.2, 0.25) is 0 Å². The lowest BCUT2D eigenvalue weighted by atomic mass is 9.79. The Bertz CT molecular complexity index is 1340. The molecule has 1 aliphatic heterocycles. The molecule has 2 N–H and O–H groups in total. The van der Waals surface area contributed by atoms with E-state index in [4.69, 9.17) is 0 Å². The second kappa shape index (κ2) is 7.95. The zero-order valence-electron chi connectivity index (χ0n) is 20.2. The van der Waals surface area contributed by atoms with E-state index in [9.17, 15) is 4.79 Å². The summed E-state index contributed by atoms with van der Waals surface area (Å²) in [6, 6.07) is 4.41. The molecule has 0 aliphatic carbocycles. The van der Waals surface area contributed by atoms with E-state index in [1.165, 1.54) is 5.56 Å². The highest BCUT2D eigenvalue weighted by atomic mass is 32.1. The summed E-state index contributed by atoms with van der Waals surface area (Å²) in [5, 5.41) is 7.79. The molecule has 5 heterocycles. The van der Waals surface area contributed by atoms with Crippen molar-refractivity contribution in [2.45, 2.75) is 53.0 Å². The summed E-state index contributed by atoms with van der Waals surface area (Å²) in [6.45, 7) is 12.8. The van der Waals surface area contributed by atoms with Crippen molar-refractivity contribution in [3.63, 3.8) is 0 Å². The predicted octanol–water partition coefficient (Wildman–Crippen LogP) is 4.83. The molecule has 1 atom stereocenters. The number of thiophene rings is 1. The average molecular weight is 465 g/mol. The predicted molar refractivity (Wildman–Crippen MR) is 134 cm³/mol. The molecule has 1 unspecified atom stereocenters. The third-order valence-corrected chi connectivity index (χ3v) is 8.16. The Balaban J connectivity index is 1.54. The first kappa shape index (κ1) is 22.1. The van der Waals surface area contributed by atoms with Crippen LogP contribution in [0, 0.1) is 12.3 Å². The first-order valence-corrected chi connectivity index (χ1v) is 12.4. The van der Waals surface area contributed by atoms with Gasteiger partial charge < -0.3 is 15.2 Å². The summed E-state index contributed by atoms with van der Waals surface area (Å²) < 4.78 is 2.99. The lowest BCUT2D eigenvalue weighted by Crippen LogP contribution is -2.54. The summed E-state index contributed by atoms with van der Waals surface area (Å²) in [6.07, 6.45) is 4.58. The number of pyridine rings is 1. The van der Waals surface area contributed by atoms with Crippen molar-refractivity contribution in [3.05, 3.63) is 40.7 Å². The lowest BCUT2D eigenvalue weighted by Gasteiger charge is -2.44. The van der Waals surface area contributed by atoms with Gasteiger partial charge in [0.1, 0.15) is 6.33 Å². The minimum atomic E-state index is 0.0505. The maximum Gasteiger partial charge on any atom is 0.264 e. The molecule has 0 aromatic carbocycles. The molecule has 1 fully saturated rings. The fourth-order valence-corrected chi connectivity index (χ4v) is 6.60. The summed E-state index contributed by atoms with van der Waals surface area (Å²) in [7, 11) is 1.96. The second-order valence-electron chi connectivity index (χ2n) is 10.2. The number of rotatable bonds is 4. The third kappa shape index (κ3) is 3.65. The van der Waals surface area contributed by atoms with E-state index in [1.807, 2.05) is 28.7 Å². The van der Waals surface area contributed by atoms with E-state index in [-0.39, 0.29) is 17.4 Å². The number of aromatic amines is 1. The average Bonchev–Trinajstić information content (AvgIpc) is 3.46. The molecule has 5 rings (SSSR count). The van der Waals surface area contributed by atoms with Crippen molar-refractivity contribution in [1.29, 1.82) is 0 Å². The molecule has 7 nitrogen and oxygen atoms in total. The Morgan fingerprint density at radius 2 is 2.12 bits per heavy atom. The SMILES string of the molecule is Cc1cc(-c2[nH]c3cc(C(=O)N(C)C4CCNCC4(C)C)sc3c2C(C)C)cn2ncnc12. The van der Waals surface area contributed by atoms with Crippen LogP contribution >= 0.6 is 11.3 Å². The maximum atomic E-state index is 13.5. The molecule has 4 aromatic heterocycles. The zero-order chi connectivity index (χ0) is 23.5. The smallest absolute Gasteiger partial charge is 0.264 e. The molecule has 1 amide bonds. The normalized spacial score (nSPS) is 18.5. The number of amides is 1. The Kier molecular flexibility index (Phi) is 5.33. The van der Waals surface area contributed by atoms with Gasteiger partial charge in [-0.3, -0.25) is 4.79 Å². The minimum absolute atomic E-state index is 0.0505. The van der Waals surface area contributed by atoms with Crippen LogP contribution in [0.5, 0.6) is 0 Å². The first-order valence-electron chi connectivity index (χ1n) is 11.6. The van der Waals surface area contributed by atoms with Gasteiger partial charge in [0, 0.05) is 31.4 Å². The molecule has 8 heteroatoms. The van der Waals surface area contributed by atoms with E-state index in [0.717, 1.165) is 57.1 Å². The number of H-pyrrole nitrogens is 1. The van der Waals surface area contributed by atoms with Gasteiger partial charge in [0.05, 0.1) is 20.8 Å². The van der Waals surface area contributed by atoms with E-state index in [2.05, 4.69) is 61.1 Å². The van der Waals surface area contributed by atoms with Crippen molar-refractivity contribution in [2.75, 3.05) is 20.1 Å². The molecule has 0 saturated carbocycles. The Morgan fingerprint density at radius 3 is 2.85 bits per heavy atom. The van der Waals surface area contributed by atoms with Crippen molar-refractivity contribution in [1.82, 2.24) is 29.8 Å². The Labute approximate surface area is 198 Å². The fourth-order valence-electron chi connectivity index (χ4n) is 5.31. The summed E-state index contributed by atoms with van der Waals surface area (Å²) in [4.78, 5) is 24.2. The lowest BCUT2D eigenvalue weighted by molar-refractivity contribution is 0.0489. The van der Waals surface area contributed by atoms with Crippen LogP contribution in [0.1, 0.15) is 60.8 Å². The van der Waals surface area contributed by atoms with Crippen LogP contribution < -0.4 is 5.32 Å². The van der Waals surface area contributed by atoms with Gasteiger partial charge in [-0.05, 0) is 54.5 Å². The van der Waals surface area contributed by atoms with Crippen molar-refractivity contribution >= 4 is 33.1 Å². The van der Waals surface area contributed by atoms with Crippen LogP contribution in [-0.2, 0) is 0 Å². The van der Waals surface area contributed by atoms with Crippen LogP contribution in [0.2, 0.25) is 0 Å². The highest BCUT2D eigenvalue weighted by Crippen LogP contribution is 2.41. The molecule has 0 spiro atoms. The molecule has 4 aromatic rings. The molecule has 0 bridgehead atoms. The molecule has 1 saturated heterocycles. The van der Waals surface area contributed by atoms with Crippen LogP contribution in [0.3, 0.4) is 0 Å². The van der Waals surface area contributed by atoms with E-state index in [1.54, 1.807) is 17.7 Å². The van der Waals surface area contributed by atoms with Crippen molar-refractivity contribution in [3.8, 4) is 11.3 Å². The topological polar surface area (TPSA) is 78.3 Å². The standard InChI is InChI=1S/C25H32N6OS/c1-14(2)20-21(16-9-15(3)23-27-13-28-31(23)11-16)29-17-10-18(33-22(17)20)24(32)30(6)19-7-8-26-12-25(19,4)5/h9-11,13-14,19,26,29H,7-8,12H2,1-6H3. The van der Waals surface area contributed by atoms with E-state index < -0.39 is 0 Å². The third-order valence-electron chi connectivity index (χ3n) is 7.01. The summed E-state index contributed by atoms with van der Waals surface area (Å²) >= 11 is 1.60. The van der Waals surface area contributed by atoms with Gasteiger partial charge in [-0.15, -0.1) is 11.3 Å². The van der Waals surface area contributed by atoms with Crippen LogP contribution in [0.25, 0.3) is 27.1 Å². The number of hydrogen-bond donors (Lipinski definition) is 2. The van der Waals surface area contributed by atoms with Gasteiger partial charge in [-0.25, -0.2) is 9.50 Å². The molecular weight excluding hydrogens is 432 g/mol. The van der Waals surface area contributed by atoms with Crippen LogP contribution in [0.4, 0.5) is 0 Å². The van der Waals surface area contributed by atoms with E-state index >= 15 is 0 Å². The number of aromatic nitrogens is 4. The summed E-state index contributed by atoms with van der Waals surface area (Å²) in [5.74, 6) is 0.420. The van der Waals surface area contributed by atoms with Gasteiger partial charge in [0.15, 0.2) is 5.65 Å². The number of aryl methyl sites for hydroxylation is 1. The first-order chi connectivity index (χ1) is 15.7. The monoisotopic (exact) mass is 464 g/mol. The van der Waals surface area contributed by atoms with Crippen LogP contribution in [0.15, 0.2) is 24.7 Å². The second-order valence-corrected chi connectivity index (χ2v) is 11.3. The Morgan fingerprint density at radius 1 is 1.33 bits per heavy atom. The molecule has 0 radical (unpaired) electrons. The highest BCUT2D eigenvalue weighted by molar-refractivity contribution is 7.21. The number of carbonyl (C=O) groups excluding carboxylic acids is 1. The maximum absolute atomic E-state index is 13.5. The van der Waals surface area contributed by atoms with Gasteiger partial charge in [-0.1, -0.05) is 27.7 Å². The Hall–Kier alpha value is -2.71. The molecule has 174 valence electrons. The van der Waals surface area contributed by atoms with Gasteiger partial charge in [0.25, 0.3) is 5.91 Å². The largest absolute Gasteiger partial charge is 0.354 e. The van der Waals surface area contributed by atoms with Crippen molar-refractivity contribution < 1.29 is 4.79 Å². The number of nitrogens with zero attached hydrogens (tertiary/aromatic N) is 4.